The summed E-state index contributed by atoms with van der Waals surface area (Å²) < 4.78 is 48.6. The zero-order valence-electron chi connectivity index (χ0n) is 22.0. The average Bonchev–Trinajstić information content (AvgIpc) is 2.82. The van der Waals surface area contributed by atoms with Gasteiger partial charge in [0.25, 0.3) is 0 Å². The number of ether oxygens (including phenoxy) is 1. The Labute approximate surface area is 221 Å². The number of amides is 1. The van der Waals surface area contributed by atoms with Crippen molar-refractivity contribution >= 4 is 17.5 Å². The van der Waals surface area contributed by atoms with Gasteiger partial charge in [0.15, 0.2) is 0 Å². The van der Waals surface area contributed by atoms with Crippen LogP contribution in [-0.2, 0) is 11.3 Å². The number of aromatic nitrogens is 1. The normalized spacial score (nSPS) is 17.7. The Morgan fingerprint density at radius 1 is 1.08 bits per heavy atom. The molecule has 1 amide bonds. The van der Waals surface area contributed by atoms with Crippen LogP contribution < -0.4 is 15.5 Å². The van der Waals surface area contributed by atoms with Crippen LogP contribution in [0.3, 0.4) is 0 Å². The fourth-order valence-electron chi connectivity index (χ4n) is 4.75. The molecule has 0 saturated carbocycles. The lowest BCUT2D eigenvalue weighted by molar-refractivity contribution is 0.0495. The van der Waals surface area contributed by atoms with E-state index in [9.17, 15) is 18.0 Å². The first kappa shape index (κ1) is 27.3. The molecule has 1 aliphatic rings. The Morgan fingerprint density at radius 2 is 1.82 bits per heavy atom. The van der Waals surface area contributed by atoms with Crippen LogP contribution in [-0.4, -0.2) is 35.8 Å². The first-order chi connectivity index (χ1) is 18.0. The highest BCUT2D eigenvalue weighted by molar-refractivity contribution is 5.71. The lowest BCUT2D eigenvalue weighted by atomic mass is 9.95. The van der Waals surface area contributed by atoms with Gasteiger partial charge in [0.1, 0.15) is 23.1 Å². The summed E-state index contributed by atoms with van der Waals surface area (Å²) in [5.74, 6) is -2.03. The van der Waals surface area contributed by atoms with Crippen LogP contribution in [0.1, 0.15) is 39.7 Å². The second kappa shape index (κ2) is 11.3. The number of hydrogen-bond donors (Lipinski definition) is 2. The van der Waals surface area contributed by atoms with Gasteiger partial charge >= 0.3 is 6.09 Å². The number of benzene rings is 2. The van der Waals surface area contributed by atoms with Crippen LogP contribution in [0.2, 0.25) is 0 Å². The fraction of sp³-hybridized carbons (Fsp3) is 0.379. The molecule has 6 nitrogen and oxygen atoms in total. The fourth-order valence-corrected chi connectivity index (χ4v) is 4.75. The van der Waals surface area contributed by atoms with Crippen molar-refractivity contribution in [2.75, 3.05) is 23.3 Å². The summed E-state index contributed by atoms with van der Waals surface area (Å²) in [6.45, 7) is 9.28. The van der Waals surface area contributed by atoms with Crippen LogP contribution in [0, 0.1) is 23.4 Å². The Bertz CT molecular complexity index is 1270. The SMILES string of the molecule is CC1CC(NC(=O)OC(C)(C)C)CN(c2ccncc2NCc2ccc(F)c(-c3c(F)cccc3F)c2)C1. The highest BCUT2D eigenvalue weighted by Gasteiger charge is 2.29. The number of carbonyl (C=O) groups is 1. The minimum atomic E-state index is -0.822. The number of rotatable bonds is 6. The van der Waals surface area contributed by atoms with Gasteiger partial charge in [-0.2, -0.15) is 0 Å². The first-order valence-electron chi connectivity index (χ1n) is 12.7. The van der Waals surface area contributed by atoms with Gasteiger partial charge in [0, 0.05) is 37.4 Å². The molecule has 1 aromatic heterocycles. The largest absolute Gasteiger partial charge is 0.444 e. The summed E-state index contributed by atoms with van der Waals surface area (Å²) >= 11 is 0. The molecule has 3 aromatic rings. The van der Waals surface area contributed by atoms with Gasteiger partial charge < -0.3 is 20.3 Å². The Balaban J connectivity index is 1.50. The lowest BCUT2D eigenvalue weighted by Gasteiger charge is -2.39. The average molecular weight is 527 g/mol. The van der Waals surface area contributed by atoms with Gasteiger partial charge in [0.2, 0.25) is 0 Å². The summed E-state index contributed by atoms with van der Waals surface area (Å²) in [4.78, 5) is 18.8. The van der Waals surface area contributed by atoms with Crippen molar-refractivity contribution in [2.45, 2.75) is 52.3 Å². The van der Waals surface area contributed by atoms with E-state index in [0.29, 0.717) is 18.0 Å². The second-order valence-corrected chi connectivity index (χ2v) is 10.7. The molecule has 1 fully saturated rings. The maximum Gasteiger partial charge on any atom is 0.407 e. The standard InChI is InChI=1S/C29H33F3N4O2/c1-18-12-20(35-28(37)38-29(2,3)4)17-36(16-18)26-10-11-33-15-25(26)34-14-19-8-9-22(30)21(13-19)27-23(31)6-5-7-24(27)32/h5-11,13,15,18,20,34H,12,14,16-17H2,1-4H3,(H,35,37). The molecule has 0 spiro atoms. The highest BCUT2D eigenvalue weighted by atomic mass is 19.1. The Morgan fingerprint density at radius 3 is 2.53 bits per heavy atom. The summed E-state index contributed by atoms with van der Waals surface area (Å²) in [5.41, 5.74) is 1.21. The molecule has 0 bridgehead atoms. The molecule has 2 heterocycles. The van der Waals surface area contributed by atoms with Gasteiger partial charge in [-0.05, 0) is 69.0 Å². The summed E-state index contributed by atoms with van der Waals surface area (Å²) in [6.07, 6.45) is 3.79. The van der Waals surface area contributed by atoms with E-state index >= 15 is 0 Å². The quantitative estimate of drug-likeness (QED) is 0.383. The minimum Gasteiger partial charge on any atom is -0.444 e. The van der Waals surface area contributed by atoms with E-state index in [1.165, 1.54) is 18.2 Å². The second-order valence-electron chi connectivity index (χ2n) is 10.7. The number of carbonyl (C=O) groups excluding carboxylic acids is 1. The molecule has 2 unspecified atom stereocenters. The lowest BCUT2D eigenvalue weighted by Crippen LogP contribution is -2.51. The third-order valence-electron chi connectivity index (χ3n) is 6.27. The molecule has 38 heavy (non-hydrogen) atoms. The smallest absolute Gasteiger partial charge is 0.407 e. The van der Waals surface area contributed by atoms with E-state index < -0.39 is 29.1 Å². The molecule has 2 N–H and O–H groups in total. The van der Waals surface area contributed by atoms with E-state index in [2.05, 4.69) is 27.4 Å². The molecule has 4 rings (SSSR count). The van der Waals surface area contributed by atoms with Gasteiger partial charge in [-0.15, -0.1) is 0 Å². The molecular formula is C29H33F3N4O2. The summed E-state index contributed by atoms with van der Waals surface area (Å²) in [7, 11) is 0. The number of nitrogens with zero attached hydrogens (tertiary/aromatic N) is 2. The van der Waals surface area contributed by atoms with Gasteiger partial charge in [-0.1, -0.05) is 19.1 Å². The van der Waals surface area contributed by atoms with E-state index in [1.54, 1.807) is 18.5 Å². The molecule has 1 saturated heterocycles. The predicted molar refractivity (Wildman–Crippen MR) is 142 cm³/mol. The van der Waals surface area contributed by atoms with Crippen molar-refractivity contribution in [3.8, 4) is 11.1 Å². The molecule has 2 aromatic carbocycles. The number of halogens is 3. The number of anilines is 2. The number of alkyl carbamates (subject to hydrolysis) is 1. The van der Waals surface area contributed by atoms with Gasteiger partial charge in [-0.3, -0.25) is 4.98 Å². The van der Waals surface area contributed by atoms with Crippen molar-refractivity contribution in [2.24, 2.45) is 5.92 Å². The summed E-state index contributed by atoms with van der Waals surface area (Å²) in [6, 6.07) is 9.50. The topological polar surface area (TPSA) is 66.5 Å². The maximum atomic E-state index is 14.5. The van der Waals surface area contributed by atoms with Crippen LogP contribution in [0.5, 0.6) is 0 Å². The highest BCUT2D eigenvalue weighted by Crippen LogP contribution is 2.32. The molecule has 1 aliphatic heterocycles. The van der Waals surface area contributed by atoms with Crippen molar-refractivity contribution < 1.29 is 22.7 Å². The van der Waals surface area contributed by atoms with Crippen molar-refractivity contribution in [1.82, 2.24) is 10.3 Å². The van der Waals surface area contributed by atoms with E-state index in [-0.39, 0.29) is 23.7 Å². The number of nitrogens with one attached hydrogen (secondary N) is 2. The van der Waals surface area contributed by atoms with E-state index in [1.807, 2.05) is 26.8 Å². The zero-order chi connectivity index (χ0) is 27.4. The predicted octanol–water partition coefficient (Wildman–Crippen LogP) is 6.52. The molecule has 9 heteroatoms. The molecule has 202 valence electrons. The Hall–Kier alpha value is -3.75. The zero-order valence-corrected chi connectivity index (χ0v) is 22.0. The van der Waals surface area contributed by atoms with Crippen molar-refractivity contribution in [3.05, 3.63) is 77.9 Å². The van der Waals surface area contributed by atoms with Gasteiger partial charge in [-0.25, -0.2) is 18.0 Å². The third kappa shape index (κ3) is 6.76. The Kier molecular flexibility index (Phi) is 8.14. The third-order valence-corrected chi connectivity index (χ3v) is 6.27. The number of hydrogen-bond acceptors (Lipinski definition) is 5. The van der Waals surface area contributed by atoms with Gasteiger partial charge in [0.05, 0.1) is 23.1 Å². The van der Waals surface area contributed by atoms with Crippen molar-refractivity contribution in [1.29, 1.82) is 0 Å². The molecule has 0 radical (unpaired) electrons. The number of pyridine rings is 1. The first-order valence-corrected chi connectivity index (χ1v) is 12.7. The van der Waals surface area contributed by atoms with Crippen LogP contribution >= 0.6 is 0 Å². The van der Waals surface area contributed by atoms with E-state index in [4.69, 9.17) is 4.74 Å². The molecule has 0 aliphatic carbocycles. The molecular weight excluding hydrogens is 493 g/mol. The van der Waals surface area contributed by atoms with Crippen LogP contribution in [0.4, 0.5) is 29.3 Å². The van der Waals surface area contributed by atoms with E-state index in [0.717, 1.165) is 36.5 Å². The van der Waals surface area contributed by atoms with Crippen LogP contribution in [0.25, 0.3) is 11.1 Å². The van der Waals surface area contributed by atoms with Crippen molar-refractivity contribution in [3.63, 3.8) is 0 Å². The monoisotopic (exact) mass is 526 g/mol. The minimum absolute atomic E-state index is 0.0927. The van der Waals surface area contributed by atoms with Crippen LogP contribution in [0.15, 0.2) is 54.9 Å². The summed E-state index contributed by atoms with van der Waals surface area (Å²) in [5, 5.41) is 6.31. The maximum absolute atomic E-state index is 14.5. The number of piperidine rings is 1. The molecule has 2 atom stereocenters.